The average Bonchev–Trinajstić information content (AvgIpc) is 3.24. The summed E-state index contributed by atoms with van der Waals surface area (Å²) in [6.07, 6.45) is 2.51. The highest BCUT2D eigenvalue weighted by atomic mass is 19.1. The van der Waals surface area contributed by atoms with E-state index in [2.05, 4.69) is 18.3 Å². The lowest BCUT2D eigenvalue weighted by molar-refractivity contribution is 0.623. The number of rotatable bonds is 4. The first-order chi connectivity index (χ1) is 9.65. The molecular formula is C18H20FN. The molecule has 2 aromatic rings. The summed E-state index contributed by atoms with van der Waals surface area (Å²) in [6.45, 7) is 4.87. The zero-order valence-electron chi connectivity index (χ0n) is 12.0. The molecule has 2 heteroatoms. The van der Waals surface area contributed by atoms with Crippen LogP contribution in [0.3, 0.4) is 0 Å². The van der Waals surface area contributed by atoms with Gasteiger partial charge < -0.3 is 5.32 Å². The monoisotopic (exact) mass is 269 g/mol. The van der Waals surface area contributed by atoms with Crippen LogP contribution in [0.25, 0.3) is 11.1 Å². The second-order valence-corrected chi connectivity index (χ2v) is 5.72. The van der Waals surface area contributed by atoms with Crippen LogP contribution >= 0.6 is 0 Å². The van der Waals surface area contributed by atoms with Crippen LogP contribution in [0.5, 0.6) is 0 Å². The fourth-order valence-corrected chi connectivity index (χ4v) is 2.48. The van der Waals surface area contributed by atoms with Gasteiger partial charge in [-0.15, -0.1) is 0 Å². The SMILES string of the molecule is Cc1cccc(-c2ccc(CNC3CC3)cc2F)c1C. The molecule has 0 amide bonds. The van der Waals surface area contributed by atoms with Crippen molar-refractivity contribution in [1.29, 1.82) is 0 Å². The summed E-state index contributed by atoms with van der Waals surface area (Å²) in [5.74, 6) is -0.131. The molecule has 0 atom stereocenters. The van der Waals surface area contributed by atoms with E-state index in [1.165, 1.54) is 18.4 Å². The molecule has 1 aliphatic rings. The third kappa shape index (κ3) is 2.75. The van der Waals surface area contributed by atoms with Gasteiger partial charge in [-0.25, -0.2) is 4.39 Å². The number of hydrogen-bond acceptors (Lipinski definition) is 1. The Morgan fingerprint density at radius 3 is 2.60 bits per heavy atom. The zero-order valence-corrected chi connectivity index (χ0v) is 12.0. The van der Waals surface area contributed by atoms with E-state index in [1.807, 2.05) is 31.2 Å². The van der Waals surface area contributed by atoms with Gasteiger partial charge >= 0.3 is 0 Å². The van der Waals surface area contributed by atoms with Gasteiger partial charge in [-0.1, -0.05) is 30.3 Å². The lowest BCUT2D eigenvalue weighted by atomic mass is 9.96. The fourth-order valence-electron chi connectivity index (χ4n) is 2.48. The smallest absolute Gasteiger partial charge is 0.131 e. The van der Waals surface area contributed by atoms with E-state index in [4.69, 9.17) is 0 Å². The van der Waals surface area contributed by atoms with Crippen molar-refractivity contribution in [3.8, 4) is 11.1 Å². The van der Waals surface area contributed by atoms with E-state index in [0.29, 0.717) is 11.6 Å². The van der Waals surface area contributed by atoms with Gasteiger partial charge in [0.2, 0.25) is 0 Å². The third-order valence-electron chi connectivity index (χ3n) is 4.10. The standard InChI is InChI=1S/C18H20FN/c1-12-4-3-5-16(13(12)2)17-9-6-14(10-18(17)19)11-20-15-7-8-15/h3-6,9-10,15,20H,7-8,11H2,1-2H3. The number of aryl methyl sites for hydroxylation is 1. The Balaban J connectivity index is 1.87. The Morgan fingerprint density at radius 2 is 1.90 bits per heavy atom. The first-order valence-electron chi connectivity index (χ1n) is 7.23. The maximum absolute atomic E-state index is 14.4. The molecule has 1 nitrogen and oxygen atoms in total. The van der Waals surface area contributed by atoms with Crippen molar-refractivity contribution >= 4 is 0 Å². The van der Waals surface area contributed by atoms with Gasteiger partial charge in [-0.3, -0.25) is 0 Å². The van der Waals surface area contributed by atoms with Gasteiger partial charge in [0.25, 0.3) is 0 Å². The van der Waals surface area contributed by atoms with Crippen molar-refractivity contribution in [2.45, 2.75) is 39.3 Å². The highest BCUT2D eigenvalue weighted by Crippen LogP contribution is 2.28. The van der Waals surface area contributed by atoms with Gasteiger partial charge in [0.15, 0.2) is 0 Å². The van der Waals surface area contributed by atoms with E-state index in [9.17, 15) is 4.39 Å². The Labute approximate surface area is 119 Å². The van der Waals surface area contributed by atoms with Crippen molar-refractivity contribution in [3.05, 3.63) is 58.9 Å². The Morgan fingerprint density at radius 1 is 1.10 bits per heavy atom. The first kappa shape index (κ1) is 13.3. The van der Waals surface area contributed by atoms with Crippen molar-refractivity contribution in [1.82, 2.24) is 5.32 Å². The van der Waals surface area contributed by atoms with Crippen LogP contribution < -0.4 is 5.32 Å². The van der Waals surface area contributed by atoms with E-state index < -0.39 is 0 Å². The molecule has 0 saturated heterocycles. The minimum atomic E-state index is -0.131. The third-order valence-corrected chi connectivity index (χ3v) is 4.10. The fraction of sp³-hybridized carbons (Fsp3) is 0.333. The summed E-state index contributed by atoms with van der Waals surface area (Å²) in [5, 5.41) is 3.41. The summed E-state index contributed by atoms with van der Waals surface area (Å²) in [5.41, 5.74) is 5.05. The molecule has 0 unspecified atom stereocenters. The van der Waals surface area contributed by atoms with Crippen LogP contribution in [0.4, 0.5) is 4.39 Å². The van der Waals surface area contributed by atoms with E-state index >= 15 is 0 Å². The molecule has 0 aliphatic heterocycles. The van der Waals surface area contributed by atoms with Gasteiger partial charge in [-0.2, -0.15) is 0 Å². The average molecular weight is 269 g/mol. The summed E-state index contributed by atoms with van der Waals surface area (Å²) >= 11 is 0. The molecular weight excluding hydrogens is 249 g/mol. The Kier molecular flexibility index (Phi) is 3.58. The van der Waals surface area contributed by atoms with Gasteiger partial charge in [0.05, 0.1) is 0 Å². The zero-order chi connectivity index (χ0) is 14.1. The van der Waals surface area contributed by atoms with Crippen molar-refractivity contribution in [2.24, 2.45) is 0 Å². The Bertz CT molecular complexity index is 629. The Hall–Kier alpha value is -1.67. The minimum Gasteiger partial charge on any atom is -0.310 e. The molecule has 0 spiro atoms. The topological polar surface area (TPSA) is 12.0 Å². The molecule has 0 aromatic heterocycles. The number of hydrogen-bond donors (Lipinski definition) is 1. The molecule has 1 fully saturated rings. The number of benzene rings is 2. The van der Waals surface area contributed by atoms with Gasteiger partial charge in [-0.05, 0) is 55.0 Å². The number of halogens is 1. The maximum atomic E-state index is 14.4. The van der Waals surface area contributed by atoms with E-state index in [0.717, 1.165) is 23.2 Å². The highest BCUT2D eigenvalue weighted by Gasteiger charge is 2.20. The summed E-state index contributed by atoms with van der Waals surface area (Å²) in [4.78, 5) is 0. The predicted octanol–water partition coefficient (Wildman–Crippen LogP) is 4.36. The van der Waals surface area contributed by atoms with Crippen LogP contribution in [0, 0.1) is 19.7 Å². The number of nitrogens with one attached hydrogen (secondary N) is 1. The summed E-state index contributed by atoms with van der Waals surface area (Å²) in [6, 6.07) is 12.3. The molecule has 1 N–H and O–H groups in total. The molecule has 3 rings (SSSR count). The quantitative estimate of drug-likeness (QED) is 0.869. The molecule has 2 aromatic carbocycles. The lowest BCUT2D eigenvalue weighted by Gasteiger charge is -2.11. The predicted molar refractivity (Wildman–Crippen MR) is 81.2 cm³/mol. The summed E-state index contributed by atoms with van der Waals surface area (Å²) < 4.78 is 14.4. The maximum Gasteiger partial charge on any atom is 0.131 e. The van der Waals surface area contributed by atoms with Crippen LogP contribution in [-0.2, 0) is 6.54 Å². The largest absolute Gasteiger partial charge is 0.310 e. The molecule has 1 aliphatic carbocycles. The highest BCUT2D eigenvalue weighted by molar-refractivity contribution is 5.69. The van der Waals surface area contributed by atoms with Crippen LogP contribution in [0.15, 0.2) is 36.4 Å². The second kappa shape index (κ2) is 5.37. The van der Waals surface area contributed by atoms with Gasteiger partial charge in [0.1, 0.15) is 5.82 Å². The van der Waals surface area contributed by atoms with Crippen LogP contribution in [0.2, 0.25) is 0 Å². The minimum absolute atomic E-state index is 0.131. The van der Waals surface area contributed by atoms with Crippen molar-refractivity contribution in [2.75, 3.05) is 0 Å². The van der Waals surface area contributed by atoms with Crippen LogP contribution in [0.1, 0.15) is 29.5 Å². The first-order valence-corrected chi connectivity index (χ1v) is 7.23. The summed E-state index contributed by atoms with van der Waals surface area (Å²) in [7, 11) is 0. The van der Waals surface area contributed by atoms with E-state index in [-0.39, 0.29) is 5.82 Å². The molecule has 1 saturated carbocycles. The van der Waals surface area contributed by atoms with Crippen LogP contribution in [-0.4, -0.2) is 6.04 Å². The van der Waals surface area contributed by atoms with E-state index in [1.54, 1.807) is 6.07 Å². The lowest BCUT2D eigenvalue weighted by Crippen LogP contribution is -2.15. The molecule has 0 heterocycles. The molecule has 0 radical (unpaired) electrons. The van der Waals surface area contributed by atoms with Crippen molar-refractivity contribution in [3.63, 3.8) is 0 Å². The second-order valence-electron chi connectivity index (χ2n) is 5.72. The molecule has 0 bridgehead atoms. The van der Waals surface area contributed by atoms with Crippen molar-refractivity contribution < 1.29 is 4.39 Å². The molecule has 104 valence electrons. The van der Waals surface area contributed by atoms with Gasteiger partial charge in [0, 0.05) is 18.2 Å². The molecule has 20 heavy (non-hydrogen) atoms. The normalized spacial score (nSPS) is 14.6.